The molecule has 0 aliphatic carbocycles. The second-order valence-electron chi connectivity index (χ2n) is 18.3. The highest BCUT2D eigenvalue weighted by atomic mass is 19.1. The Hall–Kier alpha value is -5.25. The van der Waals surface area contributed by atoms with Crippen molar-refractivity contribution in [2.75, 3.05) is 89.3 Å². The number of piperidine rings is 1. The molecule has 1 aromatic heterocycles. The minimum Gasteiger partial charge on any atom is -0.370 e. The van der Waals surface area contributed by atoms with E-state index in [0.717, 1.165) is 80.2 Å². The lowest BCUT2D eigenvalue weighted by Crippen LogP contribution is -2.54. The van der Waals surface area contributed by atoms with Gasteiger partial charge in [-0.05, 0) is 94.4 Å². The summed E-state index contributed by atoms with van der Waals surface area (Å²) in [6.07, 6.45) is 7.25. The SMILES string of the molecule is Cc1cccc(F)c1CN1C[C@H](c2ccc(N3CCN(CCCCCCCCNC(=O)C4CN(c5ccc6nnn(C7CCC(=O)NC7=O)c(=O)c6c5)C4)CC3)cc2)[C@@H](N(C)C)C1. The molecule has 4 aliphatic rings. The molecule has 2 N–H and O–H groups in total. The summed E-state index contributed by atoms with van der Waals surface area (Å²) in [5.41, 5.74) is 5.30. The molecule has 0 radical (unpaired) electrons. The van der Waals surface area contributed by atoms with Crippen LogP contribution in [-0.4, -0.2) is 133 Å². The number of nitrogens with one attached hydrogen (secondary N) is 2. The summed E-state index contributed by atoms with van der Waals surface area (Å²) >= 11 is 0. The van der Waals surface area contributed by atoms with E-state index in [9.17, 15) is 23.6 Å². The molecular weight excluding hydrogens is 800 g/mol. The smallest absolute Gasteiger partial charge is 0.278 e. The molecule has 0 bridgehead atoms. The van der Waals surface area contributed by atoms with Crippen LogP contribution < -0.4 is 26.0 Å². The number of unbranched alkanes of at least 4 members (excludes halogenated alkanes) is 5. The fraction of sp³-hybridized carbons (Fsp3) is 0.542. The van der Waals surface area contributed by atoms with Crippen LogP contribution in [0.1, 0.15) is 80.0 Å². The van der Waals surface area contributed by atoms with Crippen molar-refractivity contribution in [3.8, 4) is 0 Å². The first-order chi connectivity index (χ1) is 30.5. The van der Waals surface area contributed by atoms with Crippen LogP contribution in [0.2, 0.25) is 0 Å². The van der Waals surface area contributed by atoms with E-state index < -0.39 is 17.5 Å². The Morgan fingerprint density at radius 1 is 0.841 bits per heavy atom. The van der Waals surface area contributed by atoms with Gasteiger partial charge in [0.05, 0.1) is 11.3 Å². The van der Waals surface area contributed by atoms with Gasteiger partial charge >= 0.3 is 0 Å². The summed E-state index contributed by atoms with van der Waals surface area (Å²) in [7, 11) is 4.31. The zero-order chi connectivity index (χ0) is 44.0. The molecule has 0 saturated carbocycles. The van der Waals surface area contributed by atoms with Crippen molar-refractivity contribution in [2.24, 2.45) is 5.92 Å². The number of fused-ring (bicyclic) bond motifs is 1. The lowest BCUT2D eigenvalue weighted by Gasteiger charge is -2.40. The van der Waals surface area contributed by atoms with Crippen LogP contribution in [0.3, 0.4) is 0 Å². The van der Waals surface area contributed by atoms with Crippen molar-refractivity contribution in [2.45, 2.75) is 82.8 Å². The number of carbonyl (C=O) groups excluding carboxylic acids is 3. The average Bonchev–Trinajstić information content (AvgIpc) is 3.69. The summed E-state index contributed by atoms with van der Waals surface area (Å²) < 4.78 is 15.7. The Bertz CT molecular complexity index is 2290. The van der Waals surface area contributed by atoms with Crippen LogP contribution in [0.25, 0.3) is 10.9 Å². The van der Waals surface area contributed by atoms with E-state index in [1.54, 1.807) is 24.3 Å². The number of likely N-dealkylation sites (N-methyl/N-ethyl adjacent to an activating group) is 1. The average molecular weight is 863 g/mol. The Labute approximate surface area is 369 Å². The Morgan fingerprint density at radius 2 is 1.57 bits per heavy atom. The van der Waals surface area contributed by atoms with E-state index in [1.165, 1.54) is 36.9 Å². The number of aromatic nitrogens is 3. The largest absolute Gasteiger partial charge is 0.370 e. The van der Waals surface area contributed by atoms with Gasteiger partial charge in [0.15, 0.2) is 0 Å². The lowest BCUT2D eigenvalue weighted by molar-refractivity contribution is -0.136. The fourth-order valence-electron chi connectivity index (χ4n) is 9.84. The zero-order valence-electron chi connectivity index (χ0n) is 37.1. The van der Waals surface area contributed by atoms with Gasteiger partial charge in [-0.25, -0.2) is 4.39 Å². The first-order valence-corrected chi connectivity index (χ1v) is 23.0. The van der Waals surface area contributed by atoms with Gasteiger partial charge in [-0.1, -0.05) is 55.2 Å². The van der Waals surface area contributed by atoms with Crippen LogP contribution in [0, 0.1) is 18.7 Å². The van der Waals surface area contributed by atoms with Gasteiger partial charge in [0.2, 0.25) is 11.8 Å². The standard InChI is InChI=1S/C48H63FN10O4/c1-33-11-10-12-41(49)39(33)30-56-31-40(44(32-56)54(2)3)34-13-15-36(16-14-34)57-25-23-55(24-26-57)22-9-7-5-4-6-8-21-50-46(61)35-28-58(29-35)37-17-18-42-38(27-37)48(63)59(53-52-42)43-19-20-45(60)51-47(43)62/h10-18,27,35,40,43-44H,4-9,19-26,28-32H2,1-3H3,(H,50,61)(H,51,60,62)/t40-,43?,44+/m1/s1. The molecule has 4 aliphatic heterocycles. The second kappa shape index (κ2) is 20.1. The molecule has 3 amide bonds. The molecule has 1 unspecified atom stereocenters. The van der Waals surface area contributed by atoms with Crippen LogP contribution >= 0.6 is 0 Å². The number of rotatable bonds is 17. The van der Waals surface area contributed by atoms with Crippen LogP contribution in [-0.2, 0) is 20.9 Å². The highest BCUT2D eigenvalue weighted by molar-refractivity contribution is 5.99. The van der Waals surface area contributed by atoms with Gasteiger partial charge in [0.25, 0.3) is 11.5 Å². The number of halogens is 1. The molecule has 3 atom stereocenters. The normalized spacial score (nSPS) is 21.3. The van der Waals surface area contributed by atoms with Crippen molar-refractivity contribution in [1.29, 1.82) is 0 Å². The van der Waals surface area contributed by atoms with Gasteiger partial charge < -0.3 is 20.0 Å². The number of aryl methyl sites for hydroxylation is 1. The molecule has 336 valence electrons. The number of likely N-dealkylation sites (tertiary alicyclic amines) is 1. The van der Waals surface area contributed by atoms with E-state index in [0.29, 0.717) is 49.0 Å². The van der Waals surface area contributed by atoms with Gasteiger partial charge in [0.1, 0.15) is 17.4 Å². The number of nitrogens with zero attached hydrogens (tertiary/aromatic N) is 8. The number of hydrogen-bond acceptors (Lipinski definition) is 11. The lowest BCUT2D eigenvalue weighted by atomic mass is 9.93. The van der Waals surface area contributed by atoms with E-state index in [-0.39, 0.29) is 36.4 Å². The third-order valence-electron chi connectivity index (χ3n) is 13.8. The first-order valence-electron chi connectivity index (χ1n) is 23.0. The van der Waals surface area contributed by atoms with Gasteiger partial charge in [0, 0.05) is 101 Å². The highest BCUT2D eigenvalue weighted by Crippen LogP contribution is 2.33. The molecule has 4 aromatic rings. The highest BCUT2D eigenvalue weighted by Gasteiger charge is 2.36. The van der Waals surface area contributed by atoms with Crippen LogP contribution in [0.4, 0.5) is 15.8 Å². The van der Waals surface area contributed by atoms with E-state index >= 15 is 0 Å². The first kappa shape index (κ1) is 44.4. The van der Waals surface area contributed by atoms with Crippen molar-refractivity contribution >= 4 is 40.0 Å². The van der Waals surface area contributed by atoms with Gasteiger partial charge in [-0.2, -0.15) is 4.68 Å². The monoisotopic (exact) mass is 863 g/mol. The summed E-state index contributed by atoms with van der Waals surface area (Å²) in [6, 6.07) is 19.5. The van der Waals surface area contributed by atoms with Crippen LogP contribution in [0.15, 0.2) is 65.5 Å². The Balaban J connectivity index is 0.678. The maximum Gasteiger partial charge on any atom is 0.278 e. The second-order valence-corrected chi connectivity index (χ2v) is 18.3. The van der Waals surface area contributed by atoms with Crippen molar-refractivity contribution in [1.82, 2.24) is 40.3 Å². The van der Waals surface area contributed by atoms with E-state index in [4.69, 9.17) is 0 Å². The minimum atomic E-state index is -0.873. The molecule has 63 heavy (non-hydrogen) atoms. The quantitative estimate of drug-likeness (QED) is 0.115. The Kier molecular flexibility index (Phi) is 14.1. The third kappa shape index (κ3) is 10.4. The molecule has 15 heteroatoms. The molecular formula is C48H63FN10O4. The number of piperazine rings is 1. The number of imide groups is 1. The maximum atomic E-state index is 14.6. The van der Waals surface area contributed by atoms with E-state index in [1.807, 2.05) is 19.1 Å². The number of hydrogen-bond donors (Lipinski definition) is 2. The maximum absolute atomic E-state index is 14.6. The Morgan fingerprint density at radius 3 is 2.30 bits per heavy atom. The van der Waals surface area contributed by atoms with E-state index in [2.05, 4.69) is 83.8 Å². The molecule has 8 rings (SSSR count). The zero-order valence-corrected chi connectivity index (χ0v) is 37.1. The minimum absolute atomic E-state index is 0.0680. The molecule has 4 fully saturated rings. The fourth-order valence-corrected chi connectivity index (χ4v) is 9.84. The van der Waals surface area contributed by atoms with Gasteiger partial charge in [-0.15, -0.1) is 5.10 Å². The summed E-state index contributed by atoms with van der Waals surface area (Å²) in [5, 5.41) is 13.8. The molecule has 14 nitrogen and oxygen atoms in total. The summed E-state index contributed by atoms with van der Waals surface area (Å²) in [5.74, 6) is -0.667. The number of carbonyl (C=O) groups is 3. The van der Waals surface area contributed by atoms with Crippen molar-refractivity contribution in [3.63, 3.8) is 0 Å². The van der Waals surface area contributed by atoms with Gasteiger partial charge in [-0.3, -0.25) is 34.3 Å². The third-order valence-corrected chi connectivity index (χ3v) is 13.8. The molecule has 0 spiro atoms. The van der Waals surface area contributed by atoms with Crippen molar-refractivity contribution in [3.05, 3.63) is 93.5 Å². The molecule has 3 aromatic carbocycles. The van der Waals surface area contributed by atoms with Crippen molar-refractivity contribution < 1.29 is 18.8 Å². The topological polar surface area (TPSA) is 139 Å². The molecule has 5 heterocycles. The number of anilines is 2. The molecule has 4 saturated heterocycles. The summed E-state index contributed by atoms with van der Waals surface area (Å²) in [6.45, 7) is 11.7. The van der Waals surface area contributed by atoms with Crippen LogP contribution in [0.5, 0.6) is 0 Å². The number of benzene rings is 3. The predicted octanol–water partition coefficient (Wildman–Crippen LogP) is 4.46. The number of amides is 3. The summed E-state index contributed by atoms with van der Waals surface area (Å²) in [4.78, 5) is 61.9. The predicted molar refractivity (Wildman–Crippen MR) is 243 cm³/mol.